The van der Waals surface area contributed by atoms with Gasteiger partial charge in [0, 0.05) is 37.0 Å². The first-order valence-corrected chi connectivity index (χ1v) is 7.46. The summed E-state index contributed by atoms with van der Waals surface area (Å²) < 4.78 is 5.32. The number of benzene rings is 1. The molecule has 1 aromatic carbocycles. The number of hydrogen-bond donors (Lipinski definition) is 2. The van der Waals surface area contributed by atoms with E-state index in [9.17, 15) is 4.79 Å². The van der Waals surface area contributed by atoms with Gasteiger partial charge in [-0.05, 0) is 31.1 Å². The van der Waals surface area contributed by atoms with Gasteiger partial charge in [-0.1, -0.05) is 6.92 Å². The van der Waals surface area contributed by atoms with E-state index in [1.807, 2.05) is 12.1 Å². The van der Waals surface area contributed by atoms with Crippen molar-refractivity contribution in [2.75, 3.05) is 31.7 Å². The van der Waals surface area contributed by atoms with Gasteiger partial charge < -0.3 is 19.8 Å². The number of carboxylic acids is 1. The zero-order valence-electron chi connectivity index (χ0n) is 13.5. The molecule has 0 atom stereocenters. The molecule has 6 nitrogen and oxygen atoms in total. The van der Waals surface area contributed by atoms with Crippen LogP contribution in [0.25, 0.3) is 6.08 Å². The molecule has 1 rings (SSSR count). The third-order valence-electron chi connectivity index (χ3n) is 3.31. The zero-order valence-corrected chi connectivity index (χ0v) is 13.5. The molecule has 0 radical (unpaired) electrons. The molecule has 0 saturated heterocycles. The fraction of sp³-hybridized carbons (Fsp3) is 0.412. The van der Waals surface area contributed by atoms with Crippen LogP contribution in [-0.2, 0) is 4.79 Å². The Morgan fingerprint density at radius 2 is 2.17 bits per heavy atom. The molecule has 0 aliphatic carbocycles. The molecule has 23 heavy (non-hydrogen) atoms. The fourth-order valence-electron chi connectivity index (χ4n) is 2.21. The summed E-state index contributed by atoms with van der Waals surface area (Å²) in [6, 6.07) is 7.06. The number of aliphatic hydroxyl groups is 1. The minimum atomic E-state index is -1.27. The van der Waals surface area contributed by atoms with Gasteiger partial charge >= 0.3 is 5.97 Å². The van der Waals surface area contributed by atoms with Crippen molar-refractivity contribution >= 4 is 17.7 Å². The van der Waals surface area contributed by atoms with E-state index < -0.39 is 5.97 Å². The molecule has 124 valence electrons. The van der Waals surface area contributed by atoms with Gasteiger partial charge in [0.25, 0.3) is 0 Å². The Balaban J connectivity index is 3.16. The van der Waals surface area contributed by atoms with Crippen molar-refractivity contribution in [3.8, 4) is 11.8 Å². The van der Waals surface area contributed by atoms with Crippen LogP contribution >= 0.6 is 0 Å². The van der Waals surface area contributed by atoms with E-state index in [2.05, 4.69) is 11.8 Å². The van der Waals surface area contributed by atoms with E-state index in [1.54, 1.807) is 12.1 Å². The van der Waals surface area contributed by atoms with Crippen LogP contribution in [0.3, 0.4) is 0 Å². The number of aliphatic hydroxyl groups excluding tert-OH is 1. The van der Waals surface area contributed by atoms with Crippen LogP contribution in [0.4, 0.5) is 5.69 Å². The zero-order chi connectivity index (χ0) is 17.2. The molecular weight excluding hydrogens is 296 g/mol. The lowest BCUT2D eigenvalue weighted by atomic mass is 10.1. The molecule has 0 spiro atoms. The Labute approximate surface area is 136 Å². The summed E-state index contributed by atoms with van der Waals surface area (Å²) in [6.45, 7) is 3.77. The summed E-state index contributed by atoms with van der Waals surface area (Å²) in [4.78, 5) is 13.1. The lowest BCUT2D eigenvalue weighted by molar-refractivity contribution is -0.132. The van der Waals surface area contributed by atoms with Crippen molar-refractivity contribution < 1.29 is 19.7 Å². The number of methoxy groups -OCH3 is 1. The van der Waals surface area contributed by atoms with E-state index in [0.29, 0.717) is 17.7 Å². The van der Waals surface area contributed by atoms with Gasteiger partial charge in [-0.3, -0.25) is 0 Å². The van der Waals surface area contributed by atoms with Crippen LogP contribution in [0.2, 0.25) is 0 Å². The lowest BCUT2D eigenvalue weighted by Crippen LogP contribution is -2.25. The number of rotatable bonds is 9. The molecule has 0 aliphatic heterocycles. The average Bonchev–Trinajstić information content (AvgIpc) is 2.56. The largest absolute Gasteiger partial charge is 0.496 e. The predicted octanol–water partition coefficient (Wildman–Crippen LogP) is 2.29. The van der Waals surface area contributed by atoms with Crippen molar-refractivity contribution in [2.45, 2.75) is 19.8 Å². The van der Waals surface area contributed by atoms with E-state index >= 15 is 0 Å². The minimum absolute atomic E-state index is 0.127. The summed E-state index contributed by atoms with van der Waals surface area (Å²) in [5.74, 6) is -0.768. The van der Waals surface area contributed by atoms with Gasteiger partial charge in [0.15, 0.2) is 0 Å². The van der Waals surface area contributed by atoms with Crippen molar-refractivity contribution in [1.82, 2.24) is 0 Å². The summed E-state index contributed by atoms with van der Waals surface area (Å²) in [7, 11) is 1.50. The third kappa shape index (κ3) is 5.31. The average molecular weight is 318 g/mol. The number of carbonyl (C=O) groups is 1. The molecule has 0 bridgehead atoms. The Kier molecular flexibility index (Phi) is 7.64. The number of hydrogen-bond acceptors (Lipinski definition) is 5. The van der Waals surface area contributed by atoms with Gasteiger partial charge in [0.2, 0.25) is 0 Å². The fourth-order valence-corrected chi connectivity index (χ4v) is 2.21. The van der Waals surface area contributed by atoms with Gasteiger partial charge in [0.1, 0.15) is 17.4 Å². The SMILES string of the molecule is CCCN(CCCO)c1ccc(/C=C(/C#N)C(=O)O)c(OC)c1. The van der Waals surface area contributed by atoms with Crippen LogP contribution < -0.4 is 9.64 Å². The minimum Gasteiger partial charge on any atom is -0.496 e. The van der Waals surface area contributed by atoms with Crippen molar-refractivity contribution in [2.24, 2.45) is 0 Å². The Bertz CT molecular complexity index is 605. The third-order valence-corrected chi connectivity index (χ3v) is 3.31. The van der Waals surface area contributed by atoms with Gasteiger partial charge in [-0.15, -0.1) is 0 Å². The molecule has 1 aromatic rings. The van der Waals surface area contributed by atoms with Crippen LogP contribution in [0.5, 0.6) is 5.75 Å². The molecule has 2 N–H and O–H groups in total. The second-order valence-electron chi connectivity index (χ2n) is 4.97. The molecule has 0 heterocycles. The van der Waals surface area contributed by atoms with Gasteiger partial charge in [-0.25, -0.2) is 4.79 Å². The smallest absolute Gasteiger partial charge is 0.346 e. The highest BCUT2D eigenvalue weighted by atomic mass is 16.5. The summed E-state index contributed by atoms with van der Waals surface area (Å²) in [5, 5.41) is 26.8. The van der Waals surface area contributed by atoms with E-state index in [4.69, 9.17) is 20.2 Å². The highest BCUT2D eigenvalue weighted by molar-refractivity contribution is 5.97. The maximum Gasteiger partial charge on any atom is 0.346 e. The normalized spacial score (nSPS) is 11.0. The van der Waals surface area contributed by atoms with Crippen LogP contribution in [0.15, 0.2) is 23.8 Å². The van der Waals surface area contributed by atoms with E-state index in [1.165, 1.54) is 13.2 Å². The summed E-state index contributed by atoms with van der Waals surface area (Å²) >= 11 is 0. The second kappa shape index (κ2) is 9.49. The lowest BCUT2D eigenvalue weighted by Gasteiger charge is -2.25. The first-order valence-electron chi connectivity index (χ1n) is 7.46. The summed E-state index contributed by atoms with van der Waals surface area (Å²) in [5.41, 5.74) is 1.12. The molecule has 0 unspecified atom stereocenters. The molecule has 0 amide bonds. The number of anilines is 1. The van der Waals surface area contributed by atoms with Gasteiger partial charge in [0.05, 0.1) is 7.11 Å². The standard InChI is InChI=1S/C17H22N2O4/c1-3-7-19(8-4-9-20)15-6-5-13(16(11-15)23-2)10-14(12-18)17(21)22/h5-6,10-11,20H,3-4,7-9H2,1-2H3,(H,21,22)/b14-10-. The maximum absolute atomic E-state index is 10.9. The monoisotopic (exact) mass is 318 g/mol. The molecule has 0 aromatic heterocycles. The Morgan fingerprint density at radius 1 is 1.43 bits per heavy atom. The van der Waals surface area contributed by atoms with Crippen molar-refractivity contribution in [3.05, 3.63) is 29.3 Å². The Morgan fingerprint density at radius 3 is 2.70 bits per heavy atom. The first-order chi connectivity index (χ1) is 11.1. The number of carboxylic acid groups (broad SMARTS) is 1. The quantitative estimate of drug-likeness (QED) is 0.536. The number of nitrogens with zero attached hydrogens (tertiary/aromatic N) is 2. The highest BCUT2D eigenvalue weighted by Crippen LogP contribution is 2.28. The number of aliphatic carboxylic acids is 1. The Hall–Kier alpha value is -2.52. The molecule has 0 aliphatic rings. The molecule has 0 saturated carbocycles. The van der Waals surface area contributed by atoms with E-state index in [-0.39, 0.29) is 12.2 Å². The molecule has 0 fully saturated rings. The summed E-state index contributed by atoms with van der Waals surface area (Å²) in [6.07, 6.45) is 2.93. The number of ether oxygens (including phenoxy) is 1. The van der Waals surface area contributed by atoms with Gasteiger partial charge in [-0.2, -0.15) is 5.26 Å². The molecular formula is C17H22N2O4. The van der Waals surface area contributed by atoms with Crippen LogP contribution in [0.1, 0.15) is 25.3 Å². The first kappa shape index (κ1) is 18.5. The van der Waals surface area contributed by atoms with Crippen molar-refractivity contribution in [3.63, 3.8) is 0 Å². The maximum atomic E-state index is 10.9. The van der Waals surface area contributed by atoms with E-state index in [0.717, 1.165) is 25.2 Å². The van der Waals surface area contributed by atoms with Crippen LogP contribution in [-0.4, -0.2) is 43.0 Å². The number of nitriles is 1. The van der Waals surface area contributed by atoms with Crippen LogP contribution in [0, 0.1) is 11.3 Å². The second-order valence-corrected chi connectivity index (χ2v) is 4.97. The van der Waals surface area contributed by atoms with Crippen molar-refractivity contribution in [1.29, 1.82) is 5.26 Å². The topological polar surface area (TPSA) is 93.8 Å². The molecule has 6 heteroatoms. The predicted molar refractivity (Wildman–Crippen MR) is 88.4 cm³/mol. The highest BCUT2D eigenvalue weighted by Gasteiger charge is 2.12.